The molecule has 0 saturated heterocycles. The molecule has 0 atom stereocenters. The van der Waals surface area contributed by atoms with Gasteiger partial charge >= 0.3 is 0 Å². The Morgan fingerprint density at radius 2 is 2.18 bits per heavy atom. The second kappa shape index (κ2) is 7.49. The highest BCUT2D eigenvalue weighted by Gasteiger charge is 2.09. The van der Waals surface area contributed by atoms with Crippen molar-refractivity contribution in [3.8, 4) is 11.5 Å². The first-order chi connectivity index (χ1) is 8.33. The van der Waals surface area contributed by atoms with Crippen molar-refractivity contribution in [2.75, 3.05) is 13.2 Å². The van der Waals surface area contributed by atoms with E-state index in [0.29, 0.717) is 30.3 Å². The van der Waals surface area contributed by atoms with Crippen LogP contribution in [0, 0.1) is 0 Å². The number of unbranched alkanes of at least 4 members (excludes halogenated alkanes) is 1. The highest BCUT2D eigenvalue weighted by Crippen LogP contribution is 2.30. The maximum atomic E-state index is 10.9. The normalized spacial score (nSPS) is 9.71. The van der Waals surface area contributed by atoms with E-state index in [1.165, 1.54) is 0 Å². The van der Waals surface area contributed by atoms with E-state index >= 15 is 0 Å². The Morgan fingerprint density at radius 1 is 1.35 bits per heavy atom. The molecule has 1 aromatic rings. The molecule has 0 unspecified atom stereocenters. The molecule has 0 heterocycles. The molecule has 17 heavy (non-hydrogen) atoms. The minimum Gasteiger partial charge on any atom is -0.490 e. The van der Waals surface area contributed by atoms with Gasteiger partial charge in [-0.15, -0.1) is 6.58 Å². The van der Waals surface area contributed by atoms with Crippen LogP contribution in [0.5, 0.6) is 11.5 Å². The molecule has 3 heteroatoms. The van der Waals surface area contributed by atoms with Gasteiger partial charge in [0.15, 0.2) is 17.8 Å². The van der Waals surface area contributed by atoms with Crippen molar-refractivity contribution < 1.29 is 14.3 Å². The van der Waals surface area contributed by atoms with Crippen LogP contribution in [0.25, 0.3) is 0 Å². The molecular formula is C14H18O3. The molecule has 0 aliphatic rings. The van der Waals surface area contributed by atoms with E-state index in [1.54, 1.807) is 18.2 Å². The largest absolute Gasteiger partial charge is 0.490 e. The van der Waals surface area contributed by atoms with E-state index in [-0.39, 0.29) is 0 Å². The Bertz CT molecular complexity index is 372. The zero-order chi connectivity index (χ0) is 12.5. The Hall–Kier alpha value is -1.77. The lowest BCUT2D eigenvalue weighted by Crippen LogP contribution is -2.03. The predicted octanol–water partition coefficient (Wildman–Crippen LogP) is 3.24. The van der Waals surface area contributed by atoms with Gasteiger partial charge < -0.3 is 9.47 Å². The molecule has 92 valence electrons. The summed E-state index contributed by atoms with van der Waals surface area (Å²) < 4.78 is 11.0. The average molecular weight is 234 g/mol. The van der Waals surface area contributed by atoms with Crippen molar-refractivity contribution in [3.05, 3.63) is 36.4 Å². The molecular weight excluding hydrogens is 216 g/mol. The summed E-state index contributed by atoms with van der Waals surface area (Å²) in [4.78, 5) is 10.9. The lowest BCUT2D eigenvalue weighted by molar-refractivity contribution is 0.111. The maximum absolute atomic E-state index is 10.9. The summed E-state index contributed by atoms with van der Waals surface area (Å²) in [7, 11) is 0. The minimum absolute atomic E-state index is 0.523. The van der Waals surface area contributed by atoms with Crippen LogP contribution < -0.4 is 9.47 Å². The third-order valence-corrected chi connectivity index (χ3v) is 2.24. The van der Waals surface area contributed by atoms with Crippen LogP contribution in [-0.2, 0) is 0 Å². The van der Waals surface area contributed by atoms with Crippen molar-refractivity contribution in [2.45, 2.75) is 19.8 Å². The van der Waals surface area contributed by atoms with Crippen molar-refractivity contribution >= 4 is 6.29 Å². The molecule has 0 fully saturated rings. The third kappa shape index (κ3) is 3.94. The molecule has 0 aromatic heterocycles. The lowest BCUT2D eigenvalue weighted by atomic mass is 10.2. The fraction of sp³-hybridized carbons (Fsp3) is 0.357. The van der Waals surface area contributed by atoms with Crippen LogP contribution in [0.2, 0.25) is 0 Å². The first kappa shape index (κ1) is 13.3. The second-order valence-corrected chi connectivity index (χ2v) is 3.50. The van der Waals surface area contributed by atoms with Crippen molar-refractivity contribution in [3.63, 3.8) is 0 Å². The molecule has 0 saturated carbocycles. The Labute approximate surface area is 102 Å². The van der Waals surface area contributed by atoms with E-state index < -0.39 is 0 Å². The molecule has 3 nitrogen and oxygen atoms in total. The van der Waals surface area contributed by atoms with Gasteiger partial charge in [-0.2, -0.15) is 0 Å². The van der Waals surface area contributed by atoms with Crippen LogP contribution >= 0.6 is 0 Å². The number of carbonyl (C=O) groups excluding carboxylic acids is 1. The Kier molecular flexibility index (Phi) is 5.86. The maximum Gasteiger partial charge on any atom is 0.171 e. The number of carbonyl (C=O) groups is 1. The van der Waals surface area contributed by atoms with Crippen LogP contribution in [-0.4, -0.2) is 19.5 Å². The predicted molar refractivity (Wildman–Crippen MR) is 67.9 cm³/mol. The van der Waals surface area contributed by atoms with E-state index in [4.69, 9.17) is 9.47 Å². The molecule has 0 aliphatic carbocycles. The quantitative estimate of drug-likeness (QED) is 0.393. The van der Waals surface area contributed by atoms with Gasteiger partial charge in [0, 0.05) is 0 Å². The van der Waals surface area contributed by atoms with Gasteiger partial charge in [0.25, 0.3) is 0 Å². The molecule has 0 N–H and O–H groups in total. The standard InChI is InChI=1S/C14H18O3/c1-3-5-6-10-17-14-12(11-15)8-7-9-13(14)16-4-2/h3,7-9,11H,1,4-6,10H2,2H3. The van der Waals surface area contributed by atoms with Gasteiger partial charge in [0.05, 0.1) is 18.8 Å². The van der Waals surface area contributed by atoms with Gasteiger partial charge in [-0.1, -0.05) is 12.1 Å². The van der Waals surface area contributed by atoms with Gasteiger partial charge in [0.2, 0.25) is 0 Å². The average Bonchev–Trinajstić information content (AvgIpc) is 2.36. The van der Waals surface area contributed by atoms with Crippen LogP contribution in [0.1, 0.15) is 30.1 Å². The second-order valence-electron chi connectivity index (χ2n) is 3.50. The van der Waals surface area contributed by atoms with Crippen molar-refractivity contribution in [1.29, 1.82) is 0 Å². The summed E-state index contributed by atoms with van der Waals surface area (Å²) in [5.41, 5.74) is 0.523. The van der Waals surface area contributed by atoms with Gasteiger partial charge in [-0.05, 0) is 31.9 Å². The number of aldehydes is 1. The van der Waals surface area contributed by atoms with E-state index in [2.05, 4.69) is 6.58 Å². The summed E-state index contributed by atoms with van der Waals surface area (Å²) in [5, 5.41) is 0. The number of rotatable bonds is 8. The Morgan fingerprint density at radius 3 is 2.82 bits per heavy atom. The van der Waals surface area contributed by atoms with Gasteiger partial charge in [-0.25, -0.2) is 0 Å². The number of allylic oxidation sites excluding steroid dienone is 1. The molecule has 0 amide bonds. The van der Waals surface area contributed by atoms with Crippen LogP contribution in [0.3, 0.4) is 0 Å². The summed E-state index contributed by atoms with van der Waals surface area (Å²) in [6, 6.07) is 5.31. The first-order valence-electron chi connectivity index (χ1n) is 5.78. The highest BCUT2D eigenvalue weighted by molar-refractivity contribution is 5.81. The SMILES string of the molecule is C=CCCCOc1c(C=O)cccc1OCC. The molecule has 1 rings (SSSR count). The fourth-order valence-electron chi connectivity index (χ4n) is 1.45. The number of hydrogen-bond donors (Lipinski definition) is 0. The molecule has 0 radical (unpaired) electrons. The third-order valence-electron chi connectivity index (χ3n) is 2.24. The smallest absolute Gasteiger partial charge is 0.171 e. The number of hydrogen-bond acceptors (Lipinski definition) is 3. The van der Waals surface area contributed by atoms with E-state index in [9.17, 15) is 4.79 Å². The molecule has 0 aliphatic heterocycles. The zero-order valence-corrected chi connectivity index (χ0v) is 10.1. The number of para-hydroxylation sites is 1. The number of ether oxygens (including phenoxy) is 2. The van der Waals surface area contributed by atoms with E-state index in [0.717, 1.165) is 19.1 Å². The lowest BCUT2D eigenvalue weighted by Gasteiger charge is -2.13. The first-order valence-corrected chi connectivity index (χ1v) is 5.78. The number of benzene rings is 1. The summed E-state index contributed by atoms with van der Waals surface area (Å²) in [6.07, 6.45) is 4.40. The summed E-state index contributed by atoms with van der Waals surface area (Å²) in [6.45, 7) is 6.65. The van der Waals surface area contributed by atoms with E-state index in [1.807, 2.05) is 13.0 Å². The molecule has 0 bridgehead atoms. The molecule has 1 aromatic carbocycles. The summed E-state index contributed by atoms with van der Waals surface area (Å²) in [5.74, 6) is 1.16. The van der Waals surface area contributed by atoms with Crippen LogP contribution in [0.15, 0.2) is 30.9 Å². The van der Waals surface area contributed by atoms with Gasteiger partial charge in [-0.3, -0.25) is 4.79 Å². The topological polar surface area (TPSA) is 35.5 Å². The van der Waals surface area contributed by atoms with Gasteiger partial charge in [0.1, 0.15) is 0 Å². The Balaban J connectivity index is 2.77. The highest BCUT2D eigenvalue weighted by atomic mass is 16.5. The van der Waals surface area contributed by atoms with Crippen LogP contribution in [0.4, 0.5) is 0 Å². The fourth-order valence-corrected chi connectivity index (χ4v) is 1.45. The zero-order valence-electron chi connectivity index (χ0n) is 10.1. The monoisotopic (exact) mass is 234 g/mol. The molecule has 0 spiro atoms. The van der Waals surface area contributed by atoms with Crippen molar-refractivity contribution in [2.24, 2.45) is 0 Å². The minimum atomic E-state index is 0.523. The van der Waals surface area contributed by atoms with Crippen molar-refractivity contribution in [1.82, 2.24) is 0 Å². The summed E-state index contributed by atoms with van der Waals surface area (Å²) >= 11 is 0.